The van der Waals surface area contributed by atoms with Crippen LogP contribution in [0, 0.1) is 12.8 Å². The van der Waals surface area contributed by atoms with E-state index in [1.807, 2.05) is 6.92 Å². The molecule has 1 aromatic heterocycles. The first-order chi connectivity index (χ1) is 13.4. The Labute approximate surface area is 160 Å². The summed E-state index contributed by atoms with van der Waals surface area (Å²) in [5.41, 5.74) is 7.41. The molecule has 0 saturated heterocycles. The van der Waals surface area contributed by atoms with Crippen LogP contribution in [-0.2, 0) is 4.79 Å². The first-order valence-electron chi connectivity index (χ1n) is 9.20. The predicted molar refractivity (Wildman–Crippen MR) is 104 cm³/mol. The van der Waals surface area contributed by atoms with Gasteiger partial charge in [-0.2, -0.15) is 0 Å². The van der Waals surface area contributed by atoms with Gasteiger partial charge in [0.25, 0.3) is 17.4 Å². The van der Waals surface area contributed by atoms with Gasteiger partial charge in [0.1, 0.15) is 5.82 Å². The molecule has 28 heavy (non-hydrogen) atoms. The highest BCUT2D eigenvalue weighted by Crippen LogP contribution is 2.28. The predicted octanol–water partition coefficient (Wildman–Crippen LogP) is 1.74. The lowest BCUT2D eigenvalue weighted by Gasteiger charge is -2.16. The number of nitrogens with one attached hydrogen (secondary N) is 2. The second-order valence-electron chi connectivity index (χ2n) is 7.25. The third-order valence-electron chi connectivity index (χ3n) is 5.41. The second-order valence-corrected chi connectivity index (χ2v) is 7.25. The van der Waals surface area contributed by atoms with E-state index < -0.39 is 17.4 Å². The van der Waals surface area contributed by atoms with Gasteiger partial charge < -0.3 is 11.1 Å². The Morgan fingerprint density at radius 2 is 1.86 bits per heavy atom. The number of nitrogens with two attached hydrogens (primary N) is 1. The van der Waals surface area contributed by atoms with Crippen molar-refractivity contribution >= 4 is 29.2 Å². The van der Waals surface area contributed by atoms with E-state index in [1.165, 1.54) is 4.57 Å². The molecule has 144 valence electrons. The molecule has 1 fully saturated rings. The fraction of sp³-hybridized carbons (Fsp3) is 0.300. The number of carbonyl (C=O) groups excluding carboxylic acids is 3. The third kappa shape index (κ3) is 2.87. The maximum absolute atomic E-state index is 12.5. The molecule has 0 atom stereocenters. The normalized spacial score (nSPS) is 16.2. The van der Waals surface area contributed by atoms with Crippen molar-refractivity contribution in [2.24, 2.45) is 5.92 Å². The number of aromatic nitrogens is 1. The van der Waals surface area contributed by atoms with Gasteiger partial charge in [-0.05, 0) is 43.5 Å². The standard InChI is InChI=1S/C20H20N4O4/c1-10-8-12(6-7-14(10)22-18(26)11-4-2-3-5-11)24-15(25)9-13-16(17(24)21)20(28)23-19(13)27/h6-9,11H,2-5,21H2,1H3,(H,22,26)(H,23,27,28). The van der Waals surface area contributed by atoms with Gasteiger partial charge in [0.2, 0.25) is 5.91 Å². The average Bonchev–Trinajstić information content (AvgIpc) is 3.26. The SMILES string of the molecule is Cc1cc(-n2c(N)c3c(cc2=O)C(=O)NC3=O)ccc1NC(=O)C1CCCC1. The summed E-state index contributed by atoms with van der Waals surface area (Å²) in [4.78, 5) is 48.6. The van der Waals surface area contributed by atoms with Gasteiger partial charge in [-0.1, -0.05) is 12.8 Å². The van der Waals surface area contributed by atoms with Crippen molar-refractivity contribution in [3.63, 3.8) is 0 Å². The van der Waals surface area contributed by atoms with E-state index in [4.69, 9.17) is 5.73 Å². The van der Waals surface area contributed by atoms with Crippen LogP contribution in [0.1, 0.15) is 52.0 Å². The second kappa shape index (κ2) is 6.63. The lowest BCUT2D eigenvalue weighted by atomic mass is 10.1. The molecular formula is C20H20N4O4. The van der Waals surface area contributed by atoms with Crippen LogP contribution < -0.4 is 21.9 Å². The van der Waals surface area contributed by atoms with Crippen molar-refractivity contribution in [2.75, 3.05) is 11.1 Å². The number of fused-ring (bicyclic) bond motifs is 1. The van der Waals surface area contributed by atoms with Crippen molar-refractivity contribution in [1.82, 2.24) is 9.88 Å². The molecule has 4 rings (SSSR count). The van der Waals surface area contributed by atoms with Gasteiger partial charge in [0.15, 0.2) is 0 Å². The van der Waals surface area contributed by atoms with Gasteiger partial charge >= 0.3 is 0 Å². The number of nitrogens with zero attached hydrogens (tertiary/aromatic N) is 1. The van der Waals surface area contributed by atoms with Crippen LogP contribution in [0.3, 0.4) is 0 Å². The molecule has 8 heteroatoms. The maximum atomic E-state index is 12.5. The van der Waals surface area contributed by atoms with Crippen LogP contribution in [0.25, 0.3) is 5.69 Å². The number of amides is 3. The number of hydrogen-bond donors (Lipinski definition) is 3. The van der Waals surface area contributed by atoms with E-state index in [9.17, 15) is 19.2 Å². The number of anilines is 2. The quantitative estimate of drug-likeness (QED) is 0.700. The van der Waals surface area contributed by atoms with Crippen molar-refractivity contribution in [2.45, 2.75) is 32.6 Å². The van der Waals surface area contributed by atoms with Gasteiger partial charge in [0, 0.05) is 17.7 Å². The molecule has 0 spiro atoms. The Kier molecular flexibility index (Phi) is 4.26. The fourth-order valence-electron chi connectivity index (χ4n) is 3.90. The molecule has 3 amide bonds. The first-order valence-corrected chi connectivity index (χ1v) is 9.20. The summed E-state index contributed by atoms with van der Waals surface area (Å²) in [5, 5.41) is 5.09. The van der Waals surface area contributed by atoms with Crippen LogP contribution in [0.15, 0.2) is 29.1 Å². The summed E-state index contributed by atoms with van der Waals surface area (Å²) in [6.07, 6.45) is 3.97. The average molecular weight is 380 g/mol. The molecule has 1 saturated carbocycles. The Hall–Kier alpha value is -3.42. The molecule has 0 unspecified atom stereocenters. The monoisotopic (exact) mass is 380 g/mol. The van der Waals surface area contributed by atoms with Crippen LogP contribution in [0.4, 0.5) is 11.5 Å². The molecule has 0 bridgehead atoms. The topological polar surface area (TPSA) is 123 Å². The fourth-order valence-corrected chi connectivity index (χ4v) is 3.90. The number of benzene rings is 1. The molecule has 2 aromatic rings. The van der Waals surface area contributed by atoms with Crippen LogP contribution >= 0.6 is 0 Å². The van der Waals surface area contributed by atoms with E-state index in [0.29, 0.717) is 11.4 Å². The zero-order valence-corrected chi connectivity index (χ0v) is 15.4. The van der Waals surface area contributed by atoms with Gasteiger partial charge in [-0.15, -0.1) is 0 Å². The molecule has 1 aliphatic carbocycles. The van der Waals surface area contributed by atoms with E-state index in [0.717, 1.165) is 37.3 Å². The zero-order valence-electron chi connectivity index (χ0n) is 15.4. The molecular weight excluding hydrogens is 360 g/mol. The van der Waals surface area contributed by atoms with Crippen LogP contribution in [0.5, 0.6) is 0 Å². The van der Waals surface area contributed by atoms with E-state index in [2.05, 4.69) is 10.6 Å². The summed E-state index contributed by atoms with van der Waals surface area (Å²) in [6, 6.07) is 6.18. The minimum atomic E-state index is -0.628. The van der Waals surface area contributed by atoms with Crippen LogP contribution in [0.2, 0.25) is 0 Å². The number of nitrogen functional groups attached to an aromatic ring is 1. The Morgan fingerprint density at radius 3 is 2.54 bits per heavy atom. The number of aryl methyl sites for hydroxylation is 1. The summed E-state index contributed by atoms with van der Waals surface area (Å²) in [7, 11) is 0. The Morgan fingerprint density at radius 1 is 1.14 bits per heavy atom. The number of pyridine rings is 1. The molecule has 8 nitrogen and oxygen atoms in total. The highest BCUT2D eigenvalue weighted by atomic mass is 16.2. The maximum Gasteiger partial charge on any atom is 0.262 e. The number of imide groups is 1. The highest BCUT2D eigenvalue weighted by molar-refractivity contribution is 6.23. The largest absolute Gasteiger partial charge is 0.384 e. The zero-order chi connectivity index (χ0) is 20.0. The summed E-state index contributed by atoms with van der Waals surface area (Å²) >= 11 is 0. The first kappa shape index (κ1) is 18.0. The van der Waals surface area contributed by atoms with Gasteiger partial charge in [-0.25, -0.2) is 0 Å². The van der Waals surface area contributed by atoms with Crippen LogP contribution in [-0.4, -0.2) is 22.3 Å². The van der Waals surface area contributed by atoms with E-state index in [1.54, 1.807) is 18.2 Å². The summed E-state index contributed by atoms with van der Waals surface area (Å²) < 4.78 is 1.19. The number of hydrogen-bond acceptors (Lipinski definition) is 5. The molecule has 1 aliphatic heterocycles. The molecule has 1 aromatic carbocycles. The summed E-state index contributed by atoms with van der Waals surface area (Å²) in [5.74, 6) is -1.28. The van der Waals surface area contributed by atoms with Crippen molar-refractivity contribution < 1.29 is 14.4 Å². The minimum absolute atomic E-state index is 0.000802. The minimum Gasteiger partial charge on any atom is -0.384 e. The van der Waals surface area contributed by atoms with Gasteiger partial charge in [-0.3, -0.25) is 29.1 Å². The molecule has 2 aliphatic rings. The van der Waals surface area contributed by atoms with E-state index >= 15 is 0 Å². The smallest absolute Gasteiger partial charge is 0.262 e. The summed E-state index contributed by atoms with van der Waals surface area (Å²) in [6.45, 7) is 1.82. The molecule has 4 N–H and O–H groups in total. The lowest BCUT2D eigenvalue weighted by Crippen LogP contribution is -2.24. The number of rotatable bonds is 3. The number of carbonyl (C=O) groups is 3. The van der Waals surface area contributed by atoms with E-state index in [-0.39, 0.29) is 28.8 Å². The van der Waals surface area contributed by atoms with Gasteiger partial charge in [0.05, 0.1) is 16.8 Å². The van der Waals surface area contributed by atoms with Crippen molar-refractivity contribution in [1.29, 1.82) is 0 Å². The Bertz CT molecular complexity index is 1080. The highest BCUT2D eigenvalue weighted by Gasteiger charge is 2.32. The molecule has 0 radical (unpaired) electrons. The third-order valence-corrected chi connectivity index (χ3v) is 5.41. The van der Waals surface area contributed by atoms with Crippen molar-refractivity contribution in [3.05, 3.63) is 51.3 Å². The lowest BCUT2D eigenvalue weighted by molar-refractivity contribution is -0.119. The van der Waals surface area contributed by atoms with Crippen molar-refractivity contribution in [3.8, 4) is 5.69 Å². The molecule has 2 heterocycles. The Balaban J connectivity index is 1.69.